The van der Waals surface area contributed by atoms with Gasteiger partial charge in [-0.25, -0.2) is 0 Å². The summed E-state index contributed by atoms with van der Waals surface area (Å²) in [6.45, 7) is 4.07. The fourth-order valence-electron chi connectivity index (χ4n) is 1.34. The first-order chi connectivity index (χ1) is 8.78. The first-order valence-corrected chi connectivity index (χ1v) is 6.90. The number of rotatable bonds is 6. The molecule has 1 aromatic rings. The van der Waals surface area contributed by atoms with Gasteiger partial charge in [-0.15, -0.1) is 13.2 Å². The van der Waals surface area contributed by atoms with Gasteiger partial charge in [-0.05, 0) is 23.8 Å². The molecule has 0 aliphatic rings. The van der Waals surface area contributed by atoms with E-state index in [1.165, 1.54) is 30.0 Å². The van der Waals surface area contributed by atoms with Gasteiger partial charge in [0.25, 0.3) is 0 Å². The van der Waals surface area contributed by atoms with Gasteiger partial charge >= 0.3 is 6.36 Å². The lowest BCUT2D eigenvalue weighted by Crippen LogP contribution is -2.17. The van der Waals surface area contributed by atoms with Gasteiger partial charge in [-0.3, -0.25) is 4.79 Å². The van der Waals surface area contributed by atoms with Crippen LogP contribution in [0.1, 0.15) is 24.2 Å². The monoisotopic (exact) mass is 292 g/mol. The summed E-state index contributed by atoms with van der Waals surface area (Å²) in [6.07, 6.45) is -4.74. The van der Waals surface area contributed by atoms with E-state index in [-0.39, 0.29) is 22.8 Å². The molecule has 0 spiro atoms. The largest absolute Gasteiger partial charge is 0.573 e. The summed E-state index contributed by atoms with van der Waals surface area (Å²) in [6, 6.07) is 5.15. The van der Waals surface area contributed by atoms with Gasteiger partial charge in [0.1, 0.15) is 5.75 Å². The summed E-state index contributed by atoms with van der Waals surface area (Å²) in [5.41, 5.74) is 0.234. The van der Waals surface area contributed by atoms with Crippen LogP contribution in [0.2, 0.25) is 0 Å². The van der Waals surface area contributed by atoms with Crippen LogP contribution in [-0.4, -0.2) is 23.7 Å². The molecule has 1 rings (SSSR count). The molecule has 0 atom stereocenters. The molecule has 0 N–H and O–H groups in total. The van der Waals surface area contributed by atoms with Crippen molar-refractivity contribution in [2.75, 3.05) is 11.5 Å². The molecule has 6 heteroatoms. The topological polar surface area (TPSA) is 26.3 Å². The Labute approximate surface area is 114 Å². The molecule has 19 heavy (non-hydrogen) atoms. The zero-order valence-corrected chi connectivity index (χ0v) is 11.5. The summed E-state index contributed by atoms with van der Waals surface area (Å²) in [5.74, 6) is 1.00. The number of carbonyl (C=O) groups is 1. The molecule has 106 valence electrons. The lowest BCUT2D eigenvalue weighted by molar-refractivity contribution is -0.274. The summed E-state index contributed by atoms with van der Waals surface area (Å²) >= 11 is 1.47. The van der Waals surface area contributed by atoms with E-state index in [2.05, 4.69) is 4.74 Å². The van der Waals surface area contributed by atoms with Crippen LogP contribution in [-0.2, 0) is 0 Å². The summed E-state index contributed by atoms with van der Waals surface area (Å²) < 4.78 is 39.9. The van der Waals surface area contributed by atoms with Crippen LogP contribution in [0, 0.1) is 5.92 Å². The van der Waals surface area contributed by atoms with E-state index >= 15 is 0 Å². The number of hydrogen-bond donors (Lipinski definition) is 0. The molecule has 0 aliphatic carbocycles. The molecule has 0 fully saturated rings. The number of halogens is 3. The molecule has 0 unspecified atom stereocenters. The molecule has 0 aliphatic heterocycles. The number of thioether (sulfide) groups is 1. The molecular formula is C13H15F3O2S. The van der Waals surface area contributed by atoms with Crippen molar-refractivity contribution in [1.82, 2.24) is 0 Å². The Balaban J connectivity index is 2.63. The third-order valence-electron chi connectivity index (χ3n) is 2.07. The highest BCUT2D eigenvalue weighted by molar-refractivity contribution is 7.99. The van der Waals surface area contributed by atoms with Crippen molar-refractivity contribution in [2.24, 2.45) is 5.92 Å². The first kappa shape index (κ1) is 15.9. The van der Waals surface area contributed by atoms with Crippen LogP contribution in [0.15, 0.2) is 24.3 Å². The number of hydrogen-bond acceptors (Lipinski definition) is 3. The van der Waals surface area contributed by atoms with Crippen LogP contribution < -0.4 is 4.74 Å². The Morgan fingerprint density at radius 1 is 1.37 bits per heavy atom. The Kier molecular flexibility index (Phi) is 5.72. The Bertz CT molecular complexity index is 430. The minimum absolute atomic E-state index is 0.196. The SMILES string of the molecule is CC(C)CSCC(=O)c1cccc(OC(F)(F)F)c1. The highest BCUT2D eigenvalue weighted by atomic mass is 32.2. The first-order valence-electron chi connectivity index (χ1n) is 5.74. The van der Waals surface area contributed by atoms with Crippen molar-refractivity contribution in [2.45, 2.75) is 20.2 Å². The predicted octanol–water partition coefficient (Wildman–Crippen LogP) is 4.16. The Morgan fingerprint density at radius 2 is 2.05 bits per heavy atom. The van der Waals surface area contributed by atoms with Gasteiger partial charge in [0.2, 0.25) is 0 Å². The van der Waals surface area contributed by atoms with Crippen molar-refractivity contribution in [3.05, 3.63) is 29.8 Å². The molecule has 0 heterocycles. The van der Waals surface area contributed by atoms with E-state index < -0.39 is 6.36 Å². The number of Topliss-reactive ketones (excluding diaryl/α,β-unsaturated/α-hetero) is 1. The quantitative estimate of drug-likeness (QED) is 0.737. The van der Waals surface area contributed by atoms with E-state index in [0.717, 1.165) is 11.8 Å². The Morgan fingerprint density at radius 3 is 2.63 bits per heavy atom. The van der Waals surface area contributed by atoms with Gasteiger partial charge < -0.3 is 4.74 Å². The summed E-state index contributed by atoms with van der Waals surface area (Å²) in [5, 5.41) is 0. The minimum atomic E-state index is -4.74. The van der Waals surface area contributed by atoms with Gasteiger partial charge in [-0.1, -0.05) is 26.0 Å². The molecule has 0 radical (unpaired) electrons. The fraction of sp³-hybridized carbons (Fsp3) is 0.462. The van der Waals surface area contributed by atoms with Crippen molar-refractivity contribution in [3.63, 3.8) is 0 Å². The average molecular weight is 292 g/mol. The van der Waals surface area contributed by atoms with E-state index in [9.17, 15) is 18.0 Å². The zero-order valence-electron chi connectivity index (χ0n) is 10.7. The summed E-state index contributed by atoms with van der Waals surface area (Å²) in [4.78, 5) is 11.8. The zero-order chi connectivity index (χ0) is 14.5. The third kappa shape index (κ3) is 6.52. The van der Waals surface area contributed by atoms with Crippen molar-refractivity contribution in [3.8, 4) is 5.75 Å². The second kappa shape index (κ2) is 6.84. The highest BCUT2D eigenvalue weighted by Crippen LogP contribution is 2.24. The maximum absolute atomic E-state index is 12.1. The number of carbonyl (C=O) groups excluding carboxylic acids is 1. The van der Waals surface area contributed by atoms with Crippen LogP contribution in [0.4, 0.5) is 13.2 Å². The Hall–Kier alpha value is -1.17. The molecule has 2 nitrogen and oxygen atoms in total. The fourth-order valence-corrected chi connectivity index (χ4v) is 2.28. The van der Waals surface area contributed by atoms with Gasteiger partial charge in [0, 0.05) is 5.56 Å². The van der Waals surface area contributed by atoms with Crippen molar-refractivity contribution >= 4 is 17.5 Å². The number of ether oxygens (including phenoxy) is 1. The van der Waals surface area contributed by atoms with E-state index in [0.29, 0.717) is 5.92 Å². The van der Waals surface area contributed by atoms with Gasteiger partial charge in [0.05, 0.1) is 5.75 Å². The number of alkyl halides is 3. The second-order valence-electron chi connectivity index (χ2n) is 4.41. The van der Waals surface area contributed by atoms with Gasteiger partial charge in [0.15, 0.2) is 5.78 Å². The maximum atomic E-state index is 12.1. The number of benzene rings is 1. The van der Waals surface area contributed by atoms with E-state index in [4.69, 9.17) is 0 Å². The van der Waals surface area contributed by atoms with Crippen LogP contribution in [0.25, 0.3) is 0 Å². The smallest absolute Gasteiger partial charge is 0.406 e. The molecule has 0 aromatic heterocycles. The normalized spacial score (nSPS) is 11.7. The van der Waals surface area contributed by atoms with E-state index in [1.54, 1.807) is 0 Å². The lowest BCUT2D eigenvalue weighted by Gasteiger charge is -2.09. The molecule has 0 bridgehead atoms. The number of ketones is 1. The molecule has 0 amide bonds. The average Bonchev–Trinajstić information content (AvgIpc) is 2.26. The highest BCUT2D eigenvalue weighted by Gasteiger charge is 2.31. The van der Waals surface area contributed by atoms with Gasteiger partial charge in [-0.2, -0.15) is 11.8 Å². The second-order valence-corrected chi connectivity index (χ2v) is 5.44. The van der Waals surface area contributed by atoms with Crippen LogP contribution in [0.3, 0.4) is 0 Å². The third-order valence-corrected chi connectivity index (χ3v) is 3.44. The minimum Gasteiger partial charge on any atom is -0.406 e. The maximum Gasteiger partial charge on any atom is 0.573 e. The van der Waals surface area contributed by atoms with Crippen LogP contribution >= 0.6 is 11.8 Å². The van der Waals surface area contributed by atoms with E-state index in [1.807, 2.05) is 13.8 Å². The molecule has 1 aromatic carbocycles. The lowest BCUT2D eigenvalue weighted by atomic mass is 10.1. The molecule has 0 saturated heterocycles. The predicted molar refractivity (Wildman–Crippen MR) is 69.6 cm³/mol. The summed E-state index contributed by atoms with van der Waals surface area (Å²) in [7, 11) is 0. The van der Waals surface area contributed by atoms with Crippen molar-refractivity contribution < 1.29 is 22.7 Å². The standard InChI is InChI=1S/C13H15F3O2S/c1-9(2)7-19-8-12(17)10-4-3-5-11(6-10)18-13(14,15)16/h3-6,9H,7-8H2,1-2H3. The molecule has 0 saturated carbocycles. The van der Waals surface area contributed by atoms with Crippen molar-refractivity contribution in [1.29, 1.82) is 0 Å². The molecular weight excluding hydrogens is 277 g/mol. The van der Waals surface area contributed by atoms with Crippen LogP contribution in [0.5, 0.6) is 5.75 Å².